The molecule has 3 rings (SSSR count). The van der Waals surface area contributed by atoms with Crippen LogP contribution in [0.3, 0.4) is 0 Å². The number of primary amides is 1. The van der Waals surface area contributed by atoms with Gasteiger partial charge in [0, 0.05) is 30.9 Å². The van der Waals surface area contributed by atoms with Gasteiger partial charge in [0.1, 0.15) is 5.69 Å². The molecule has 168 valence electrons. The van der Waals surface area contributed by atoms with E-state index in [2.05, 4.69) is 4.98 Å². The lowest BCUT2D eigenvalue weighted by Crippen LogP contribution is -2.40. The van der Waals surface area contributed by atoms with Crippen molar-refractivity contribution in [2.75, 3.05) is 26.3 Å². The minimum Gasteiger partial charge on any atom is -0.379 e. The number of benzene rings is 1. The van der Waals surface area contributed by atoms with E-state index in [0.717, 1.165) is 24.4 Å². The summed E-state index contributed by atoms with van der Waals surface area (Å²) in [6, 6.07) is 4.36. The molecular formula is C20H19F6N3O2. The third-order valence-electron chi connectivity index (χ3n) is 5.09. The summed E-state index contributed by atoms with van der Waals surface area (Å²) in [5, 5.41) is 0. The van der Waals surface area contributed by atoms with Crippen molar-refractivity contribution in [3.8, 4) is 0 Å². The van der Waals surface area contributed by atoms with Crippen LogP contribution < -0.4 is 5.73 Å². The van der Waals surface area contributed by atoms with Gasteiger partial charge in [-0.25, -0.2) is 0 Å². The molecule has 0 aliphatic carbocycles. The molecule has 1 aliphatic rings. The number of nitrogens with two attached hydrogens (primary N) is 1. The monoisotopic (exact) mass is 447 g/mol. The Morgan fingerprint density at radius 1 is 1.06 bits per heavy atom. The van der Waals surface area contributed by atoms with Crippen LogP contribution in [0.5, 0.6) is 0 Å². The van der Waals surface area contributed by atoms with Crippen LogP contribution in [0.4, 0.5) is 26.3 Å². The van der Waals surface area contributed by atoms with Gasteiger partial charge < -0.3 is 10.5 Å². The SMILES string of the molecule is NC(=O)c1cccc(C(F)(F)F)c1CC(c1ccc(C(F)(F)F)nc1)N1CCOCC1. The van der Waals surface area contributed by atoms with Crippen LogP contribution in [0.25, 0.3) is 0 Å². The second-order valence-electron chi connectivity index (χ2n) is 7.04. The molecule has 2 N–H and O–H groups in total. The van der Waals surface area contributed by atoms with Crippen LogP contribution in [0.15, 0.2) is 36.5 Å². The predicted molar refractivity (Wildman–Crippen MR) is 98.0 cm³/mol. The Labute approximate surface area is 173 Å². The van der Waals surface area contributed by atoms with Crippen molar-refractivity contribution >= 4 is 5.91 Å². The lowest BCUT2D eigenvalue weighted by atomic mass is 9.90. The van der Waals surface area contributed by atoms with Crippen molar-refractivity contribution in [2.24, 2.45) is 5.73 Å². The smallest absolute Gasteiger partial charge is 0.379 e. The summed E-state index contributed by atoms with van der Waals surface area (Å²) in [4.78, 5) is 17.1. The van der Waals surface area contributed by atoms with Crippen molar-refractivity contribution in [3.05, 3.63) is 64.5 Å². The summed E-state index contributed by atoms with van der Waals surface area (Å²) in [5.74, 6) is -1.02. The lowest BCUT2D eigenvalue weighted by Gasteiger charge is -2.35. The van der Waals surface area contributed by atoms with E-state index in [0.29, 0.717) is 31.9 Å². The maximum absolute atomic E-state index is 13.6. The zero-order chi connectivity index (χ0) is 22.8. The molecule has 0 saturated carbocycles. The largest absolute Gasteiger partial charge is 0.433 e. The van der Waals surface area contributed by atoms with Crippen LogP contribution in [-0.2, 0) is 23.5 Å². The molecule has 2 aromatic rings. The summed E-state index contributed by atoms with van der Waals surface area (Å²) in [5.41, 5.74) is 2.89. The number of carbonyl (C=O) groups is 1. The maximum atomic E-state index is 13.6. The second-order valence-corrected chi connectivity index (χ2v) is 7.04. The molecule has 1 atom stereocenters. The zero-order valence-corrected chi connectivity index (χ0v) is 16.1. The first-order valence-corrected chi connectivity index (χ1v) is 9.32. The van der Waals surface area contributed by atoms with Gasteiger partial charge in [0.05, 0.1) is 18.8 Å². The molecule has 1 saturated heterocycles. The van der Waals surface area contributed by atoms with Gasteiger partial charge in [-0.1, -0.05) is 12.1 Å². The Hall–Kier alpha value is -2.66. The molecule has 0 spiro atoms. The van der Waals surface area contributed by atoms with Crippen LogP contribution >= 0.6 is 0 Å². The van der Waals surface area contributed by atoms with Gasteiger partial charge in [-0.2, -0.15) is 26.3 Å². The van der Waals surface area contributed by atoms with Gasteiger partial charge in [0.25, 0.3) is 0 Å². The number of nitrogens with zero attached hydrogens (tertiary/aromatic N) is 2. The Morgan fingerprint density at radius 2 is 1.74 bits per heavy atom. The van der Waals surface area contributed by atoms with Gasteiger partial charge >= 0.3 is 12.4 Å². The van der Waals surface area contributed by atoms with E-state index in [9.17, 15) is 31.1 Å². The lowest BCUT2D eigenvalue weighted by molar-refractivity contribution is -0.141. The molecule has 0 bridgehead atoms. The third-order valence-corrected chi connectivity index (χ3v) is 5.09. The molecule has 31 heavy (non-hydrogen) atoms. The minimum absolute atomic E-state index is 0.284. The van der Waals surface area contributed by atoms with Crippen LogP contribution in [-0.4, -0.2) is 42.1 Å². The molecular weight excluding hydrogens is 428 g/mol. The molecule has 0 radical (unpaired) electrons. The Kier molecular flexibility index (Phi) is 6.56. The first kappa shape index (κ1) is 23.0. The van der Waals surface area contributed by atoms with E-state index >= 15 is 0 Å². The Morgan fingerprint density at radius 3 is 2.26 bits per heavy atom. The van der Waals surface area contributed by atoms with Gasteiger partial charge in [0.15, 0.2) is 0 Å². The molecule has 5 nitrogen and oxygen atoms in total. The van der Waals surface area contributed by atoms with Gasteiger partial charge in [-0.05, 0) is 35.7 Å². The van der Waals surface area contributed by atoms with Crippen molar-refractivity contribution in [3.63, 3.8) is 0 Å². The minimum atomic E-state index is -4.74. The van der Waals surface area contributed by atoms with Crippen LogP contribution in [0, 0.1) is 0 Å². The highest BCUT2D eigenvalue weighted by molar-refractivity contribution is 5.94. The number of carbonyl (C=O) groups excluding carboxylic acids is 1. The van der Waals surface area contributed by atoms with Crippen LogP contribution in [0.1, 0.15) is 38.8 Å². The fourth-order valence-corrected chi connectivity index (χ4v) is 3.61. The van der Waals surface area contributed by atoms with E-state index in [4.69, 9.17) is 10.5 Å². The number of ether oxygens (including phenoxy) is 1. The second kappa shape index (κ2) is 8.83. The molecule has 11 heteroatoms. The topological polar surface area (TPSA) is 68.5 Å². The average molecular weight is 447 g/mol. The number of aromatic nitrogens is 1. The normalized spacial score (nSPS) is 16.8. The van der Waals surface area contributed by atoms with E-state index < -0.39 is 35.6 Å². The standard InChI is InChI=1S/C20H19F6N3O2/c21-19(22,23)15-3-1-2-13(18(27)30)14(15)10-16(29-6-8-31-9-7-29)12-4-5-17(28-11-12)20(24,25)26/h1-5,11,16H,6-10H2,(H2,27,30). The molecule has 1 fully saturated rings. The maximum Gasteiger partial charge on any atom is 0.433 e. The molecule has 1 aromatic heterocycles. The molecule has 1 aromatic carbocycles. The van der Waals surface area contributed by atoms with E-state index in [1.165, 1.54) is 12.1 Å². The Balaban J connectivity index is 2.07. The first-order chi connectivity index (χ1) is 14.5. The number of hydrogen-bond acceptors (Lipinski definition) is 4. The highest BCUT2D eigenvalue weighted by Gasteiger charge is 2.37. The van der Waals surface area contributed by atoms with Crippen molar-refractivity contribution in [2.45, 2.75) is 24.8 Å². The summed E-state index contributed by atoms with van der Waals surface area (Å²) < 4.78 is 84.9. The highest BCUT2D eigenvalue weighted by atomic mass is 19.4. The summed E-state index contributed by atoms with van der Waals surface area (Å²) >= 11 is 0. The van der Waals surface area contributed by atoms with Crippen molar-refractivity contribution < 1.29 is 35.9 Å². The van der Waals surface area contributed by atoms with E-state index in [1.54, 1.807) is 4.90 Å². The number of morpholine rings is 1. The van der Waals surface area contributed by atoms with Gasteiger partial charge in [-0.3, -0.25) is 14.7 Å². The van der Waals surface area contributed by atoms with E-state index in [1.807, 2.05) is 0 Å². The number of amides is 1. The summed E-state index contributed by atoms with van der Waals surface area (Å²) in [6.45, 7) is 1.33. The molecule has 2 heterocycles. The Bertz CT molecular complexity index is 922. The van der Waals surface area contributed by atoms with Crippen molar-refractivity contribution in [1.82, 2.24) is 9.88 Å². The number of alkyl halides is 6. The molecule has 1 unspecified atom stereocenters. The van der Waals surface area contributed by atoms with E-state index in [-0.39, 0.29) is 17.5 Å². The van der Waals surface area contributed by atoms with Crippen molar-refractivity contribution in [1.29, 1.82) is 0 Å². The third kappa shape index (κ3) is 5.34. The quantitative estimate of drug-likeness (QED) is 0.708. The number of pyridine rings is 1. The molecule has 1 aliphatic heterocycles. The molecule has 1 amide bonds. The zero-order valence-electron chi connectivity index (χ0n) is 16.1. The van der Waals surface area contributed by atoms with Crippen LogP contribution in [0.2, 0.25) is 0 Å². The summed E-state index contributed by atoms with van der Waals surface area (Å²) in [7, 11) is 0. The fourth-order valence-electron chi connectivity index (χ4n) is 3.61. The average Bonchev–Trinajstić information content (AvgIpc) is 2.71. The summed E-state index contributed by atoms with van der Waals surface area (Å²) in [6.07, 6.45) is -8.67. The van der Waals surface area contributed by atoms with Gasteiger partial charge in [0.2, 0.25) is 5.91 Å². The first-order valence-electron chi connectivity index (χ1n) is 9.32. The van der Waals surface area contributed by atoms with Gasteiger partial charge in [-0.15, -0.1) is 0 Å². The number of rotatable bonds is 5. The fraction of sp³-hybridized carbons (Fsp3) is 0.400. The number of halogens is 6. The predicted octanol–water partition coefficient (Wildman–Crippen LogP) is 3.83. The number of hydrogen-bond donors (Lipinski definition) is 1. The highest BCUT2D eigenvalue weighted by Crippen LogP contribution is 2.37.